The highest BCUT2D eigenvalue weighted by molar-refractivity contribution is 9.10. The summed E-state index contributed by atoms with van der Waals surface area (Å²) in [6.45, 7) is 2.08. The van der Waals surface area contributed by atoms with E-state index in [4.69, 9.17) is 9.26 Å². The van der Waals surface area contributed by atoms with E-state index < -0.39 is 0 Å². The van der Waals surface area contributed by atoms with E-state index in [2.05, 4.69) is 26.1 Å². The van der Waals surface area contributed by atoms with Gasteiger partial charge in [-0.3, -0.25) is 0 Å². The van der Waals surface area contributed by atoms with Crippen LogP contribution in [0.2, 0.25) is 0 Å². The molecular formula is C16H12BrFN2O2. The summed E-state index contributed by atoms with van der Waals surface area (Å²) in [5, 5.41) is 3.88. The molecule has 0 radical (unpaired) electrons. The first-order valence-corrected chi connectivity index (χ1v) is 7.38. The lowest BCUT2D eigenvalue weighted by atomic mass is 10.2. The number of benzene rings is 2. The summed E-state index contributed by atoms with van der Waals surface area (Å²) in [6.07, 6.45) is 0. The molecule has 0 fully saturated rings. The van der Waals surface area contributed by atoms with Crippen molar-refractivity contribution in [3.8, 4) is 17.1 Å². The second kappa shape index (κ2) is 6.27. The van der Waals surface area contributed by atoms with E-state index in [1.54, 1.807) is 19.1 Å². The average molecular weight is 363 g/mol. The zero-order chi connectivity index (χ0) is 15.5. The minimum Gasteiger partial charge on any atom is -0.489 e. The van der Waals surface area contributed by atoms with Crippen LogP contribution in [0.3, 0.4) is 0 Å². The third-order valence-corrected chi connectivity index (χ3v) is 3.62. The molecule has 2 aromatic carbocycles. The Labute approximate surface area is 135 Å². The van der Waals surface area contributed by atoms with Crippen molar-refractivity contribution in [1.82, 2.24) is 10.1 Å². The van der Waals surface area contributed by atoms with Gasteiger partial charge in [0.15, 0.2) is 0 Å². The Bertz CT molecular complexity index is 804. The third-order valence-electron chi connectivity index (χ3n) is 3.01. The lowest BCUT2D eigenvalue weighted by Crippen LogP contribution is -1.96. The quantitative estimate of drug-likeness (QED) is 0.684. The molecule has 1 heterocycles. The number of nitrogens with zero attached hydrogens (tertiary/aromatic N) is 2. The van der Waals surface area contributed by atoms with Crippen LogP contribution in [-0.4, -0.2) is 10.1 Å². The molecule has 1 aromatic heterocycles. The van der Waals surface area contributed by atoms with Gasteiger partial charge in [0.25, 0.3) is 0 Å². The Morgan fingerprint density at radius 1 is 1.23 bits per heavy atom. The molecule has 0 aliphatic carbocycles. The van der Waals surface area contributed by atoms with E-state index in [1.807, 2.05) is 24.3 Å². The van der Waals surface area contributed by atoms with Crippen LogP contribution in [0.25, 0.3) is 11.4 Å². The number of halogens is 2. The van der Waals surface area contributed by atoms with Crippen LogP contribution < -0.4 is 4.74 Å². The van der Waals surface area contributed by atoms with Gasteiger partial charge in [-0.15, -0.1) is 0 Å². The SMILES string of the molecule is Cc1nc(-c2cccc(OCc3ccc(F)c(Br)c3)c2)no1. The van der Waals surface area contributed by atoms with E-state index in [1.165, 1.54) is 6.07 Å². The highest BCUT2D eigenvalue weighted by Gasteiger charge is 2.07. The first-order valence-electron chi connectivity index (χ1n) is 6.59. The average Bonchev–Trinajstić information content (AvgIpc) is 2.95. The van der Waals surface area contributed by atoms with E-state index >= 15 is 0 Å². The molecule has 0 bridgehead atoms. The fourth-order valence-corrected chi connectivity index (χ4v) is 2.36. The lowest BCUT2D eigenvalue weighted by molar-refractivity contribution is 0.306. The van der Waals surface area contributed by atoms with E-state index in [0.29, 0.717) is 28.5 Å². The van der Waals surface area contributed by atoms with Gasteiger partial charge >= 0.3 is 0 Å². The minimum absolute atomic E-state index is 0.293. The maximum atomic E-state index is 13.2. The summed E-state index contributed by atoms with van der Waals surface area (Å²) < 4.78 is 24.3. The van der Waals surface area contributed by atoms with Crippen molar-refractivity contribution in [3.05, 3.63) is 64.2 Å². The molecule has 0 atom stereocenters. The molecule has 0 amide bonds. The molecule has 0 saturated heterocycles. The van der Waals surface area contributed by atoms with Gasteiger partial charge in [0.05, 0.1) is 4.47 Å². The normalized spacial score (nSPS) is 10.7. The molecular weight excluding hydrogens is 351 g/mol. The first kappa shape index (κ1) is 14.7. The molecule has 0 aliphatic heterocycles. The van der Waals surface area contributed by atoms with Gasteiger partial charge in [-0.2, -0.15) is 4.98 Å². The number of ether oxygens (including phenoxy) is 1. The van der Waals surface area contributed by atoms with Crippen molar-refractivity contribution >= 4 is 15.9 Å². The highest BCUT2D eigenvalue weighted by Crippen LogP contribution is 2.23. The molecule has 6 heteroatoms. The number of rotatable bonds is 4. The van der Waals surface area contributed by atoms with Crippen LogP contribution in [0, 0.1) is 12.7 Å². The van der Waals surface area contributed by atoms with Crippen LogP contribution in [-0.2, 0) is 6.61 Å². The van der Waals surface area contributed by atoms with Crippen molar-refractivity contribution in [2.75, 3.05) is 0 Å². The third kappa shape index (κ3) is 3.33. The summed E-state index contributed by atoms with van der Waals surface area (Å²) >= 11 is 3.16. The predicted octanol–water partition coefficient (Wildman–Crippen LogP) is 4.53. The lowest BCUT2D eigenvalue weighted by Gasteiger charge is -2.07. The first-order chi connectivity index (χ1) is 10.6. The number of aryl methyl sites for hydroxylation is 1. The Morgan fingerprint density at radius 3 is 2.82 bits per heavy atom. The van der Waals surface area contributed by atoms with E-state index in [0.717, 1.165) is 11.1 Å². The highest BCUT2D eigenvalue weighted by atomic mass is 79.9. The smallest absolute Gasteiger partial charge is 0.223 e. The van der Waals surface area contributed by atoms with Crippen molar-refractivity contribution in [3.63, 3.8) is 0 Å². The molecule has 0 unspecified atom stereocenters. The largest absolute Gasteiger partial charge is 0.489 e. The molecule has 0 aliphatic rings. The van der Waals surface area contributed by atoms with Crippen LogP contribution >= 0.6 is 15.9 Å². The summed E-state index contributed by atoms with van der Waals surface area (Å²) in [7, 11) is 0. The van der Waals surface area contributed by atoms with E-state index in [-0.39, 0.29) is 5.82 Å². The fourth-order valence-electron chi connectivity index (χ4n) is 1.94. The van der Waals surface area contributed by atoms with Crippen molar-refractivity contribution < 1.29 is 13.7 Å². The molecule has 4 nitrogen and oxygen atoms in total. The standard InChI is InChI=1S/C16H12BrFN2O2/c1-10-19-16(20-22-10)12-3-2-4-13(8-12)21-9-11-5-6-15(18)14(17)7-11/h2-8H,9H2,1H3. The zero-order valence-electron chi connectivity index (χ0n) is 11.7. The van der Waals surface area contributed by atoms with Crippen LogP contribution in [0.4, 0.5) is 4.39 Å². The van der Waals surface area contributed by atoms with Gasteiger partial charge in [0, 0.05) is 12.5 Å². The summed E-state index contributed by atoms with van der Waals surface area (Å²) in [6, 6.07) is 12.2. The van der Waals surface area contributed by atoms with Gasteiger partial charge < -0.3 is 9.26 Å². The maximum Gasteiger partial charge on any atom is 0.223 e. The van der Waals surface area contributed by atoms with Gasteiger partial charge in [-0.1, -0.05) is 23.4 Å². The number of aromatic nitrogens is 2. The topological polar surface area (TPSA) is 48.2 Å². The second-order valence-electron chi connectivity index (χ2n) is 4.70. The molecule has 112 valence electrons. The molecule has 3 aromatic rings. The Kier molecular flexibility index (Phi) is 4.20. The molecule has 3 rings (SSSR count). The summed E-state index contributed by atoms with van der Waals surface area (Å²) in [5.74, 6) is 1.42. The van der Waals surface area contributed by atoms with Crippen LogP contribution in [0.1, 0.15) is 11.5 Å². The van der Waals surface area contributed by atoms with E-state index in [9.17, 15) is 4.39 Å². The van der Waals surface area contributed by atoms with Crippen molar-refractivity contribution in [2.45, 2.75) is 13.5 Å². The Balaban J connectivity index is 1.74. The summed E-state index contributed by atoms with van der Waals surface area (Å²) in [5.41, 5.74) is 1.68. The summed E-state index contributed by atoms with van der Waals surface area (Å²) in [4.78, 5) is 4.18. The maximum absolute atomic E-state index is 13.2. The van der Waals surface area contributed by atoms with Crippen LogP contribution in [0.15, 0.2) is 51.5 Å². The van der Waals surface area contributed by atoms with Gasteiger partial charge in [0.1, 0.15) is 18.2 Å². The van der Waals surface area contributed by atoms with Gasteiger partial charge in [-0.25, -0.2) is 4.39 Å². The molecule has 0 saturated carbocycles. The molecule has 22 heavy (non-hydrogen) atoms. The molecule has 0 spiro atoms. The van der Waals surface area contributed by atoms with Crippen molar-refractivity contribution in [1.29, 1.82) is 0 Å². The zero-order valence-corrected chi connectivity index (χ0v) is 13.3. The Hall–Kier alpha value is -2.21. The second-order valence-corrected chi connectivity index (χ2v) is 5.56. The van der Waals surface area contributed by atoms with Crippen LogP contribution in [0.5, 0.6) is 5.75 Å². The van der Waals surface area contributed by atoms with Gasteiger partial charge in [0.2, 0.25) is 11.7 Å². The predicted molar refractivity (Wildman–Crippen MR) is 82.9 cm³/mol. The number of hydrogen-bond acceptors (Lipinski definition) is 4. The number of hydrogen-bond donors (Lipinski definition) is 0. The fraction of sp³-hybridized carbons (Fsp3) is 0.125. The molecule has 0 N–H and O–H groups in total. The van der Waals surface area contributed by atoms with Gasteiger partial charge in [-0.05, 0) is 45.8 Å². The Morgan fingerprint density at radius 2 is 2.09 bits per heavy atom. The van der Waals surface area contributed by atoms with Crippen molar-refractivity contribution in [2.24, 2.45) is 0 Å². The minimum atomic E-state index is -0.293. The monoisotopic (exact) mass is 362 g/mol.